The number of ketones is 1. The Hall–Kier alpha value is -3.01. The number of aromatic nitrogens is 1. The molecule has 0 atom stereocenters. The standard InChI is InChI=1S/C19H16N2O2/c1-12(22)17-11-19(21-18-6-4-3-5-16(17)18)14-7-9-15(10-8-14)20-13(2)23/h3-11H,1-2H3,(H,20,23). The lowest BCUT2D eigenvalue weighted by molar-refractivity contribution is -0.114. The van der Waals surface area contributed by atoms with Crippen molar-refractivity contribution in [1.29, 1.82) is 0 Å². The maximum absolute atomic E-state index is 11.9. The highest BCUT2D eigenvalue weighted by Crippen LogP contribution is 2.26. The molecule has 0 saturated carbocycles. The summed E-state index contributed by atoms with van der Waals surface area (Å²) in [7, 11) is 0. The molecule has 0 aliphatic carbocycles. The molecule has 1 heterocycles. The van der Waals surface area contributed by atoms with Gasteiger partial charge < -0.3 is 5.32 Å². The molecule has 1 N–H and O–H groups in total. The molecule has 0 bridgehead atoms. The van der Waals surface area contributed by atoms with Crippen molar-refractivity contribution in [2.24, 2.45) is 0 Å². The molecule has 3 aromatic rings. The van der Waals surface area contributed by atoms with Gasteiger partial charge in [-0.3, -0.25) is 9.59 Å². The summed E-state index contributed by atoms with van der Waals surface area (Å²) in [6, 6.07) is 16.8. The highest BCUT2D eigenvalue weighted by Gasteiger charge is 2.10. The van der Waals surface area contributed by atoms with E-state index < -0.39 is 0 Å². The molecule has 0 aliphatic rings. The van der Waals surface area contributed by atoms with E-state index in [-0.39, 0.29) is 11.7 Å². The van der Waals surface area contributed by atoms with Gasteiger partial charge in [-0.1, -0.05) is 30.3 Å². The van der Waals surface area contributed by atoms with Crippen molar-refractivity contribution >= 4 is 28.3 Å². The molecule has 0 spiro atoms. The summed E-state index contributed by atoms with van der Waals surface area (Å²) in [4.78, 5) is 27.7. The summed E-state index contributed by atoms with van der Waals surface area (Å²) < 4.78 is 0. The van der Waals surface area contributed by atoms with Crippen LogP contribution in [0, 0.1) is 0 Å². The number of rotatable bonds is 3. The number of carbonyl (C=O) groups excluding carboxylic acids is 2. The van der Waals surface area contributed by atoms with Gasteiger partial charge >= 0.3 is 0 Å². The minimum atomic E-state index is -0.111. The first-order valence-corrected chi connectivity index (χ1v) is 7.33. The molecule has 1 amide bonds. The Morgan fingerprint density at radius 1 is 0.957 bits per heavy atom. The molecule has 2 aromatic carbocycles. The smallest absolute Gasteiger partial charge is 0.221 e. The van der Waals surface area contributed by atoms with Crippen LogP contribution in [0.25, 0.3) is 22.2 Å². The Morgan fingerprint density at radius 3 is 2.30 bits per heavy atom. The SMILES string of the molecule is CC(=O)Nc1ccc(-c2cc(C(C)=O)c3ccccc3n2)cc1. The average Bonchev–Trinajstić information content (AvgIpc) is 2.54. The molecule has 1 aromatic heterocycles. The highest BCUT2D eigenvalue weighted by molar-refractivity contribution is 6.07. The third-order valence-corrected chi connectivity index (χ3v) is 3.60. The monoisotopic (exact) mass is 304 g/mol. The number of hydrogen-bond donors (Lipinski definition) is 1. The summed E-state index contributed by atoms with van der Waals surface area (Å²) in [6.07, 6.45) is 0. The van der Waals surface area contributed by atoms with Crippen LogP contribution in [0.1, 0.15) is 24.2 Å². The fourth-order valence-electron chi connectivity index (χ4n) is 2.54. The zero-order chi connectivity index (χ0) is 16.4. The minimum absolute atomic E-state index is 0.0136. The molecule has 0 fully saturated rings. The van der Waals surface area contributed by atoms with E-state index in [0.717, 1.165) is 27.8 Å². The Bertz CT molecular complexity index is 899. The van der Waals surface area contributed by atoms with Crippen LogP contribution in [0.4, 0.5) is 5.69 Å². The first kappa shape index (κ1) is 14.9. The van der Waals surface area contributed by atoms with Crippen LogP contribution in [-0.4, -0.2) is 16.7 Å². The van der Waals surface area contributed by atoms with Crippen LogP contribution < -0.4 is 5.32 Å². The summed E-state index contributed by atoms with van der Waals surface area (Å²) >= 11 is 0. The lowest BCUT2D eigenvalue weighted by atomic mass is 10.0. The number of para-hydroxylation sites is 1. The predicted molar refractivity (Wildman–Crippen MR) is 91.5 cm³/mol. The van der Waals surface area contributed by atoms with Gasteiger partial charge in [0.2, 0.25) is 5.91 Å². The molecule has 0 unspecified atom stereocenters. The highest BCUT2D eigenvalue weighted by atomic mass is 16.1. The van der Waals surface area contributed by atoms with Gasteiger partial charge in [0.1, 0.15) is 0 Å². The molecular formula is C19H16N2O2. The van der Waals surface area contributed by atoms with Crippen LogP contribution in [0.5, 0.6) is 0 Å². The number of fused-ring (bicyclic) bond motifs is 1. The first-order valence-electron chi connectivity index (χ1n) is 7.33. The Labute approximate surface area is 134 Å². The first-order chi connectivity index (χ1) is 11.0. The van der Waals surface area contributed by atoms with Gasteiger partial charge in [-0.2, -0.15) is 0 Å². The quantitative estimate of drug-likeness (QED) is 0.742. The number of nitrogens with one attached hydrogen (secondary N) is 1. The zero-order valence-corrected chi connectivity index (χ0v) is 13.0. The summed E-state index contributed by atoms with van der Waals surface area (Å²) in [6.45, 7) is 3.03. The molecule has 0 saturated heterocycles. The van der Waals surface area contributed by atoms with Crippen LogP contribution in [0.2, 0.25) is 0 Å². The van der Waals surface area contributed by atoms with Crippen molar-refractivity contribution in [1.82, 2.24) is 4.98 Å². The number of nitrogens with zero attached hydrogens (tertiary/aromatic N) is 1. The van der Waals surface area contributed by atoms with Gasteiger partial charge in [0.05, 0.1) is 11.2 Å². The third kappa shape index (κ3) is 3.11. The van der Waals surface area contributed by atoms with E-state index in [1.807, 2.05) is 54.6 Å². The van der Waals surface area contributed by atoms with E-state index in [1.54, 1.807) is 6.92 Å². The molecule has 0 radical (unpaired) electrons. The lowest BCUT2D eigenvalue weighted by Crippen LogP contribution is -2.05. The van der Waals surface area contributed by atoms with Crippen LogP contribution in [0.15, 0.2) is 54.6 Å². The van der Waals surface area contributed by atoms with Gasteiger partial charge in [-0.25, -0.2) is 4.98 Å². The lowest BCUT2D eigenvalue weighted by Gasteiger charge is -2.09. The Kier molecular flexibility index (Phi) is 3.89. The second-order valence-corrected chi connectivity index (χ2v) is 5.39. The number of benzene rings is 2. The molecule has 3 rings (SSSR count). The topological polar surface area (TPSA) is 59.1 Å². The number of Topliss-reactive ketones (excluding diaryl/α,β-unsaturated/α-hetero) is 1. The van der Waals surface area contributed by atoms with Crippen LogP contribution in [0.3, 0.4) is 0 Å². The normalized spacial score (nSPS) is 10.5. The maximum atomic E-state index is 11.9. The van der Waals surface area contributed by atoms with Crippen molar-refractivity contribution in [3.05, 3.63) is 60.2 Å². The third-order valence-electron chi connectivity index (χ3n) is 3.60. The average molecular weight is 304 g/mol. The molecule has 23 heavy (non-hydrogen) atoms. The molecule has 4 nitrogen and oxygen atoms in total. The zero-order valence-electron chi connectivity index (χ0n) is 13.0. The summed E-state index contributed by atoms with van der Waals surface area (Å²) in [5.74, 6) is -0.0971. The van der Waals surface area contributed by atoms with Crippen molar-refractivity contribution in [3.8, 4) is 11.3 Å². The van der Waals surface area contributed by atoms with Crippen molar-refractivity contribution in [3.63, 3.8) is 0 Å². The van der Waals surface area contributed by atoms with Crippen molar-refractivity contribution in [2.75, 3.05) is 5.32 Å². The number of pyridine rings is 1. The Balaban J connectivity index is 2.09. The fourth-order valence-corrected chi connectivity index (χ4v) is 2.54. The van der Waals surface area contributed by atoms with E-state index in [2.05, 4.69) is 10.3 Å². The van der Waals surface area contributed by atoms with Gasteiger partial charge in [0, 0.05) is 29.1 Å². The van der Waals surface area contributed by atoms with E-state index >= 15 is 0 Å². The summed E-state index contributed by atoms with van der Waals surface area (Å²) in [5, 5.41) is 3.59. The number of anilines is 1. The summed E-state index contributed by atoms with van der Waals surface area (Å²) in [5.41, 5.74) is 3.82. The fraction of sp³-hybridized carbons (Fsp3) is 0.105. The van der Waals surface area contributed by atoms with Crippen molar-refractivity contribution < 1.29 is 9.59 Å². The van der Waals surface area contributed by atoms with Gasteiger partial charge in [0.25, 0.3) is 0 Å². The predicted octanol–water partition coefficient (Wildman–Crippen LogP) is 4.06. The van der Waals surface area contributed by atoms with Crippen LogP contribution in [-0.2, 0) is 4.79 Å². The molecule has 114 valence electrons. The maximum Gasteiger partial charge on any atom is 0.221 e. The van der Waals surface area contributed by atoms with Gasteiger partial charge in [-0.05, 0) is 31.2 Å². The minimum Gasteiger partial charge on any atom is -0.326 e. The van der Waals surface area contributed by atoms with Crippen molar-refractivity contribution in [2.45, 2.75) is 13.8 Å². The van der Waals surface area contributed by atoms with Crippen LogP contribution >= 0.6 is 0 Å². The Morgan fingerprint density at radius 2 is 1.65 bits per heavy atom. The largest absolute Gasteiger partial charge is 0.326 e. The van der Waals surface area contributed by atoms with Gasteiger partial charge in [0.15, 0.2) is 5.78 Å². The molecule has 0 aliphatic heterocycles. The van der Waals surface area contributed by atoms with E-state index in [4.69, 9.17) is 0 Å². The second kappa shape index (κ2) is 6.01. The number of hydrogen-bond acceptors (Lipinski definition) is 3. The van der Waals surface area contributed by atoms with E-state index in [1.165, 1.54) is 6.92 Å². The molecule has 4 heteroatoms. The molecular weight excluding hydrogens is 288 g/mol. The van der Waals surface area contributed by atoms with E-state index in [0.29, 0.717) is 5.56 Å². The number of amides is 1. The van der Waals surface area contributed by atoms with Gasteiger partial charge in [-0.15, -0.1) is 0 Å². The second-order valence-electron chi connectivity index (χ2n) is 5.39. The number of carbonyl (C=O) groups is 2. The van der Waals surface area contributed by atoms with E-state index in [9.17, 15) is 9.59 Å².